The summed E-state index contributed by atoms with van der Waals surface area (Å²) in [4.78, 5) is 15.5. The van der Waals surface area contributed by atoms with Gasteiger partial charge in [0.1, 0.15) is 0 Å². The van der Waals surface area contributed by atoms with E-state index < -0.39 is 0 Å². The van der Waals surface area contributed by atoms with Gasteiger partial charge in [0.2, 0.25) is 5.91 Å². The Morgan fingerprint density at radius 2 is 1.95 bits per heavy atom. The lowest BCUT2D eigenvalue weighted by molar-refractivity contribution is -0.129. The van der Waals surface area contributed by atoms with Gasteiger partial charge in [0.05, 0.1) is 0 Å². The van der Waals surface area contributed by atoms with Gasteiger partial charge in [0, 0.05) is 45.3 Å². The number of hydrogen-bond acceptors (Lipinski definition) is 3. The molecule has 0 saturated carbocycles. The molecule has 0 radical (unpaired) electrons. The van der Waals surface area contributed by atoms with Crippen molar-refractivity contribution in [2.75, 3.05) is 38.1 Å². The highest BCUT2D eigenvalue weighted by atomic mass is 16.2. The van der Waals surface area contributed by atoms with E-state index in [2.05, 4.69) is 41.5 Å². The second kappa shape index (κ2) is 8.03. The molecule has 1 amide bonds. The number of carbonyl (C=O) groups is 1. The number of benzene rings is 1. The monoisotopic (exact) mass is 289 g/mol. The number of hydrogen-bond donors (Lipinski definition) is 1. The molecule has 1 heterocycles. The van der Waals surface area contributed by atoms with Crippen molar-refractivity contribution in [3.05, 3.63) is 30.3 Å². The second-order valence-electron chi connectivity index (χ2n) is 5.85. The molecular weight excluding hydrogens is 262 g/mol. The maximum atomic E-state index is 11.3. The molecule has 116 valence electrons. The molecular formula is C17H27N3O. The Balaban J connectivity index is 1.59. The minimum Gasteiger partial charge on any atom is -0.375 e. The van der Waals surface area contributed by atoms with Crippen molar-refractivity contribution < 1.29 is 4.79 Å². The van der Waals surface area contributed by atoms with Crippen LogP contribution in [0.15, 0.2) is 30.3 Å². The summed E-state index contributed by atoms with van der Waals surface area (Å²) in [6, 6.07) is 11.1. The zero-order chi connectivity index (χ0) is 15.1. The second-order valence-corrected chi connectivity index (χ2v) is 5.85. The first-order valence-electron chi connectivity index (χ1n) is 7.92. The van der Waals surface area contributed by atoms with E-state index in [1.54, 1.807) is 6.92 Å². The van der Waals surface area contributed by atoms with Gasteiger partial charge in [-0.3, -0.25) is 4.79 Å². The number of nitrogens with zero attached hydrogens (tertiary/aromatic N) is 2. The summed E-state index contributed by atoms with van der Waals surface area (Å²) in [5, 5.41) is 3.62. The molecule has 1 saturated heterocycles. The Labute approximate surface area is 128 Å². The fraction of sp³-hybridized carbons (Fsp3) is 0.588. The van der Waals surface area contributed by atoms with Gasteiger partial charge in [-0.1, -0.05) is 18.2 Å². The Kier molecular flexibility index (Phi) is 6.05. The predicted molar refractivity (Wildman–Crippen MR) is 87.6 cm³/mol. The summed E-state index contributed by atoms with van der Waals surface area (Å²) < 4.78 is 0. The van der Waals surface area contributed by atoms with Crippen LogP contribution in [0.1, 0.15) is 26.2 Å². The van der Waals surface area contributed by atoms with Gasteiger partial charge in [-0.05, 0) is 37.9 Å². The lowest BCUT2D eigenvalue weighted by atomic mass is 10.0. The van der Waals surface area contributed by atoms with Crippen LogP contribution in [-0.4, -0.2) is 50.1 Å². The molecule has 0 aliphatic carbocycles. The van der Waals surface area contributed by atoms with Crippen LogP contribution in [0.4, 0.5) is 5.69 Å². The highest BCUT2D eigenvalue weighted by Gasteiger charge is 2.19. The number of likely N-dealkylation sites (tertiary alicyclic amines) is 1. The molecule has 4 heteroatoms. The number of piperidine rings is 1. The molecule has 0 atom stereocenters. The minimum absolute atomic E-state index is 0.206. The number of anilines is 1. The highest BCUT2D eigenvalue weighted by Crippen LogP contribution is 2.12. The molecule has 1 fully saturated rings. The van der Waals surface area contributed by atoms with E-state index in [-0.39, 0.29) is 5.91 Å². The third kappa shape index (κ3) is 5.05. The lowest BCUT2D eigenvalue weighted by Crippen LogP contribution is -2.44. The third-order valence-corrected chi connectivity index (χ3v) is 4.24. The topological polar surface area (TPSA) is 35.6 Å². The molecule has 0 aromatic heterocycles. The van der Waals surface area contributed by atoms with Crippen molar-refractivity contribution in [3.63, 3.8) is 0 Å². The maximum absolute atomic E-state index is 11.3. The van der Waals surface area contributed by atoms with Gasteiger partial charge in [-0.25, -0.2) is 0 Å². The van der Waals surface area contributed by atoms with Crippen LogP contribution in [0.25, 0.3) is 0 Å². The van der Waals surface area contributed by atoms with Crippen LogP contribution in [0.2, 0.25) is 0 Å². The molecule has 1 N–H and O–H groups in total. The van der Waals surface area contributed by atoms with Gasteiger partial charge < -0.3 is 15.1 Å². The van der Waals surface area contributed by atoms with E-state index >= 15 is 0 Å². The Bertz CT molecular complexity index is 427. The molecule has 0 unspecified atom stereocenters. The molecule has 4 nitrogen and oxygen atoms in total. The van der Waals surface area contributed by atoms with E-state index in [0.29, 0.717) is 6.04 Å². The first-order chi connectivity index (χ1) is 10.2. The number of amides is 1. The average Bonchev–Trinajstić information content (AvgIpc) is 2.52. The maximum Gasteiger partial charge on any atom is 0.219 e. The van der Waals surface area contributed by atoms with E-state index in [9.17, 15) is 4.79 Å². The van der Waals surface area contributed by atoms with Gasteiger partial charge in [0.25, 0.3) is 0 Å². The van der Waals surface area contributed by atoms with Crippen LogP contribution in [-0.2, 0) is 4.79 Å². The van der Waals surface area contributed by atoms with E-state index in [4.69, 9.17) is 0 Å². The SMILES string of the molecule is CC(=O)N1CCC(NCCCN(C)c2ccccc2)CC1. The number of nitrogens with one attached hydrogen (secondary N) is 1. The summed E-state index contributed by atoms with van der Waals surface area (Å²) in [6.45, 7) is 5.56. The normalized spacial score (nSPS) is 16.0. The summed E-state index contributed by atoms with van der Waals surface area (Å²) >= 11 is 0. The molecule has 0 bridgehead atoms. The molecule has 0 spiro atoms. The highest BCUT2D eigenvalue weighted by molar-refractivity contribution is 5.73. The van der Waals surface area contributed by atoms with Crippen molar-refractivity contribution in [1.29, 1.82) is 0 Å². The van der Waals surface area contributed by atoms with Crippen molar-refractivity contribution in [1.82, 2.24) is 10.2 Å². The Hall–Kier alpha value is -1.55. The number of rotatable bonds is 6. The van der Waals surface area contributed by atoms with Crippen LogP contribution in [0.5, 0.6) is 0 Å². The zero-order valence-electron chi connectivity index (χ0n) is 13.2. The van der Waals surface area contributed by atoms with Crippen LogP contribution in [0.3, 0.4) is 0 Å². The average molecular weight is 289 g/mol. The van der Waals surface area contributed by atoms with Crippen molar-refractivity contribution in [3.8, 4) is 0 Å². The van der Waals surface area contributed by atoms with Crippen molar-refractivity contribution in [2.45, 2.75) is 32.2 Å². The van der Waals surface area contributed by atoms with Crippen molar-refractivity contribution in [2.24, 2.45) is 0 Å². The number of para-hydroxylation sites is 1. The first kappa shape index (κ1) is 15.8. The lowest BCUT2D eigenvalue weighted by Gasteiger charge is -2.32. The fourth-order valence-electron chi connectivity index (χ4n) is 2.83. The summed E-state index contributed by atoms with van der Waals surface area (Å²) in [6.07, 6.45) is 3.29. The van der Waals surface area contributed by atoms with E-state index in [1.165, 1.54) is 5.69 Å². The van der Waals surface area contributed by atoms with Gasteiger partial charge in [-0.2, -0.15) is 0 Å². The summed E-state index contributed by atoms with van der Waals surface area (Å²) in [5.41, 5.74) is 1.27. The molecule has 21 heavy (non-hydrogen) atoms. The smallest absolute Gasteiger partial charge is 0.219 e. The Morgan fingerprint density at radius 1 is 1.29 bits per heavy atom. The summed E-state index contributed by atoms with van der Waals surface area (Å²) in [7, 11) is 2.14. The molecule has 1 aliphatic heterocycles. The molecule has 1 aromatic carbocycles. The quantitative estimate of drug-likeness (QED) is 0.815. The standard InChI is InChI=1S/C17H27N3O/c1-15(21)20-13-9-16(10-14-20)18-11-6-12-19(2)17-7-4-3-5-8-17/h3-5,7-8,16,18H,6,9-14H2,1-2H3. The van der Waals surface area contributed by atoms with Crippen LogP contribution >= 0.6 is 0 Å². The fourth-order valence-corrected chi connectivity index (χ4v) is 2.83. The number of carbonyl (C=O) groups excluding carboxylic acids is 1. The summed E-state index contributed by atoms with van der Waals surface area (Å²) in [5.74, 6) is 0.206. The van der Waals surface area contributed by atoms with Gasteiger partial charge >= 0.3 is 0 Å². The van der Waals surface area contributed by atoms with Gasteiger partial charge in [-0.15, -0.1) is 0 Å². The molecule has 1 aliphatic rings. The van der Waals surface area contributed by atoms with E-state index in [0.717, 1.165) is 45.4 Å². The predicted octanol–water partition coefficient (Wildman–Crippen LogP) is 2.11. The van der Waals surface area contributed by atoms with Gasteiger partial charge in [0.15, 0.2) is 0 Å². The first-order valence-corrected chi connectivity index (χ1v) is 7.92. The largest absolute Gasteiger partial charge is 0.375 e. The van der Waals surface area contributed by atoms with Crippen molar-refractivity contribution >= 4 is 11.6 Å². The molecule has 1 aromatic rings. The van der Waals surface area contributed by atoms with E-state index in [1.807, 2.05) is 11.0 Å². The third-order valence-electron chi connectivity index (χ3n) is 4.24. The Morgan fingerprint density at radius 3 is 2.57 bits per heavy atom. The zero-order valence-corrected chi connectivity index (χ0v) is 13.2. The van der Waals surface area contributed by atoms with Crippen LogP contribution in [0, 0.1) is 0 Å². The molecule has 2 rings (SSSR count). The minimum atomic E-state index is 0.206. The van der Waals surface area contributed by atoms with Crippen LogP contribution < -0.4 is 10.2 Å².